The molecule has 4 rings (SSSR count). The molecule has 2 nitrogen and oxygen atoms in total. The lowest BCUT2D eigenvalue weighted by atomic mass is 10.0. The molecule has 1 aliphatic carbocycles. The first kappa shape index (κ1) is 9.31. The molecule has 1 aromatic heterocycles. The highest BCUT2D eigenvalue weighted by atomic mass is 32.2. The van der Waals surface area contributed by atoms with Crippen molar-refractivity contribution in [1.29, 1.82) is 0 Å². The van der Waals surface area contributed by atoms with Crippen LogP contribution in [-0.4, -0.2) is 4.98 Å². The van der Waals surface area contributed by atoms with Crippen LogP contribution in [0, 0.1) is 0 Å². The summed E-state index contributed by atoms with van der Waals surface area (Å²) in [5.74, 6) is 0. The first-order valence-electron chi connectivity index (χ1n) is 5.65. The van der Waals surface area contributed by atoms with Gasteiger partial charge in [-0.05, 0) is 30.2 Å². The summed E-state index contributed by atoms with van der Waals surface area (Å²) in [4.78, 5) is 4.62. The molecule has 1 N–H and O–H groups in total. The van der Waals surface area contributed by atoms with E-state index in [1.165, 1.54) is 26.6 Å². The second kappa shape index (κ2) is 3.37. The Morgan fingerprint density at radius 1 is 1.24 bits per heavy atom. The summed E-state index contributed by atoms with van der Waals surface area (Å²) in [5.41, 5.74) is 2.61. The zero-order chi connectivity index (χ0) is 11.2. The van der Waals surface area contributed by atoms with Crippen LogP contribution >= 0.6 is 11.9 Å². The minimum absolute atomic E-state index is 0.999. The molecular weight excluding hydrogens is 228 g/mol. The van der Waals surface area contributed by atoms with E-state index in [0.717, 1.165) is 11.8 Å². The number of fused-ring (bicyclic) bond motifs is 4. The van der Waals surface area contributed by atoms with Gasteiger partial charge in [-0.2, -0.15) is 0 Å². The maximum absolute atomic E-state index is 4.58. The molecule has 0 spiro atoms. The molecule has 0 amide bonds. The van der Waals surface area contributed by atoms with E-state index in [1.807, 2.05) is 6.20 Å². The van der Waals surface area contributed by atoms with Gasteiger partial charge in [-0.3, -0.25) is 0 Å². The molecule has 0 saturated heterocycles. The number of hydrogen-bond acceptors (Lipinski definition) is 2. The maximum atomic E-state index is 4.58. The van der Waals surface area contributed by atoms with Gasteiger partial charge < -0.3 is 4.98 Å². The van der Waals surface area contributed by atoms with Crippen molar-refractivity contribution in [3.05, 3.63) is 58.1 Å². The first-order chi connectivity index (χ1) is 8.43. The lowest BCUT2D eigenvalue weighted by Crippen LogP contribution is -2.30. The van der Waals surface area contributed by atoms with Gasteiger partial charge in [-0.1, -0.05) is 18.2 Å². The Balaban J connectivity index is 2.28. The quantitative estimate of drug-likeness (QED) is 0.701. The van der Waals surface area contributed by atoms with Crippen LogP contribution in [0.1, 0.15) is 6.42 Å². The summed E-state index contributed by atoms with van der Waals surface area (Å²) < 4.78 is 4.58. The van der Waals surface area contributed by atoms with Crippen LogP contribution in [-0.2, 0) is 0 Å². The second-order valence-corrected chi connectivity index (χ2v) is 5.03. The number of hydrogen-bond donors (Lipinski definition) is 1. The average molecular weight is 238 g/mol. The Hall–Kier alpha value is -1.74. The summed E-state index contributed by atoms with van der Waals surface area (Å²) >= 11 is 1.58. The monoisotopic (exact) mass is 238 g/mol. The van der Waals surface area contributed by atoms with E-state index in [9.17, 15) is 0 Å². The Morgan fingerprint density at radius 3 is 3.24 bits per heavy atom. The average Bonchev–Trinajstić information content (AvgIpc) is 2.86. The SMILES string of the molecule is C1=CCC2=c3c(ccc4cc[nH]c34)=NSC2=C1. The van der Waals surface area contributed by atoms with Gasteiger partial charge in [0.1, 0.15) is 0 Å². The molecule has 0 bridgehead atoms. The third-order valence-electron chi connectivity index (χ3n) is 3.25. The molecule has 17 heavy (non-hydrogen) atoms. The van der Waals surface area contributed by atoms with Gasteiger partial charge in [0.15, 0.2) is 0 Å². The summed E-state index contributed by atoms with van der Waals surface area (Å²) in [6, 6.07) is 6.35. The van der Waals surface area contributed by atoms with Crippen molar-refractivity contribution in [2.75, 3.05) is 0 Å². The summed E-state index contributed by atoms with van der Waals surface area (Å²) in [6.45, 7) is 0. The molecule has 2 heterocycles. The highest BCUT2D eigenvalue weighted by Gasteiger charge is 2.15. The molecule has 0 radical (unpaired) electrons. The maximum Gasteiger partial charge on any atom is 0.0814 e. The number of aromatic amines is 1. The van der Waals surface area contributed by atoms with Crippen molar-refractivity contribution in [2.24, 2.45) is 4.40 Å². The minimum Gasteiger partial charge on any atom is -0.361 e. The van der Waals surface area contributed by atoms with E-state index in [4.69, 9.17) is 0 Å². The molecule has 2 aromatic rings. The number of benzene rings is 1. The molecule has 3 heteroatoms. The van der Waals surface area contributed by atoms with Crippen LogP contribution in [0.15, 0.2) is 51.9 Å². The second-order valence-electron chi connectivity index (χ2n) is 4.23. The third kappa shape index (κ3) is 1.26. The van der Waals surface area contributed by atoms with Gasteiger partial charge in [0.2, 0.25) is 0 Å². The molecule has 0 saturated carbocycles. The zero-order valence-electron chi connectivity index (χ0n) is 9.10. The van der Waals surface area contributed by atoms with Crippen LogP contribution in [0.5, 0.6) is 0 Å². The fourth-order valence-electron chi connectivity index (χ4n) is 2.45. The van der Waals surface area contributed by atoms with Crippen LogP contribution in [0.3, 0.4) is 0 Å². The molecule has 2 aliphatic rings. The lowest BCUT2D eigenvalue weighted by Gasteiger charge is -2.14. The molecule has 82 valence electrons. The minimum atomic E-state index is 0.999. The third-order valence-corrected chi connectivity index (χ3v) is 4.12. The fraction of sp³-hybridized carbons (Fsp3) is 0.0714. The van der Waals surface area contributed by atoms with Crippen LogP contribution in [0.4, 0.5) is 0 Å². The molecule has 0 fully saturated rings. The van der Waals surface area contributed by atoms with Gasteiger partial charge in [-0.25, -0.2) is 4.40 Å². The first-order valence-corrected chi connectivity index (χ1v) is 6.42. The van der Waals surface area contributed by atoms with E-state index in [0.29, 0.717) is 0 Å². The summed E-state index contributed by atoms with van der Waals surface area (Å²) in [6.07, 6.45) is 9.46. The van der Waals surface area contributed by atoms with Crippen molar-refractivity contribution >= 4 is 28.4 Å². The fourth-order valence-corrected chi connectivity index (χ4v) is 3.23. The summed E-state index contributed by atoms with van der Waals surface area (Å²) in [7, 11) is 0. The summed E-state index contributed by atoms with van der Waals surface area (Å²) in [5, 5.41) is 3.63. The standard InChI is InChI=1S/C14H10N2S/c1-2-4-12-10(3-1)13-11(16-17-12)6-5-9-7-8-15-14(9)13/h1-2,4-8,15H,3H2. The van der Waals surface area contributed by atoms with E-state index < -0.39 is 0 Å². The van der Waals surface area contributed by atoms with Gasteiger partial charge in [0, 0.05) is 33.7 Å². The normalized spacial score (nSPS) is 17.4. The van der Waals surface area contributed by atoms with Crippen molar-refractivity contribution < 1.29 is 0 Å². The van der Waals surface area contributed by atoms with Crippen LogP contribution in [0.2, 0.25) is 0 Å². The number of rotatable bonds is 0. The van der Waals surface area contributed by atoms with Crippen molar-refractivity contribution in [1.82, 2.24) is 4.98 Å². The largest absolute Gasteiger partial charge is 0.361 e. The number of aromatic nitrogens is 1. The Bertz CT molecular complexity index is 793. The number of allylic oxidation sites excluding steroid dienone is 4. The van der Waals surface area contributed by atoms with Crippen molar-refractivity contribution in [3.8, 4) is 0 Å². The Labute approximate surface area is 103 Å². The highest BCUT2D eigenvalue weighted by Crippen LogP contribution is 2.32. The zero-order valence-corrected chi connectivity index (χ0v) is 9.92. The lowest BCUT2D eigenvalue weighted by molar-refractivity contribution is 1.29. The van der Waals surface area contributed by atoms with Crippen LogP contribution < -0.4 is 10.6 Å². The smallest absolute Gasteiger partial charge is 0.0814 e. The molecular formula is C14H10N2S. The molecule has 1 aromatic carbocycles. The van der Waals surface area contributed by atoms with Gasteiger partial charge in [0.05, 0.1) is 10.9 Å². The molecule has 0 atom stereocenters. The highest BCUT2D eigenvalue weighted by molar-refractivity contribution is 8.02. The predicted octanol–water partition coefficient (Wildman–Crippen LogP) is 2.44. The van der Waals surface area contributed by atoms with E-state index in [2.05, 4.69) is 45.8 Å². The molecule has 0 unspecified atom stereocenters. The topological polar surface area (TPSA) is 28.1 Å². The number of nitrogens with one attached hydrogen (secondary N) is 1. The van der Waals surface area contributed by atoms with E-state index >= 15 is 0 Å². The van der Waals surface area contributed by atoms with Crippen molar-refractivity contribution in [2.45, 2.75) is 6.42 Å². The van der Waals surface area contributed by atoms with Gasteiger partial charge in [0.25, 0.3) is 0 Å². The van der Waals surface area contributed by atoms with Gasteiger partial charge in [-0.15, -0.1) is 0 Å². The number of nitrogens with zero attached hydrogens (tertiary/aromatic N) is 1. The van der Waals surface area contributed by atoms with Gasteiger partial charge >= 0.3 is 0 Å². The predicted molar refractivity (Wildman–Crippen MR) is 71.9 cm³/mol. The van der Waals surface area contributed by atoms with E-state index in [-0.39, 0.29) is 0 Å². The Morgan fingerprint density at radius 2 is 2.24 bits per heavy atom. The van der Waals surface area contributed by atoms with Crippen LogP contribution in [0.25, 0.3) is 16.5 Å². The molecule has 1 aliphatic heterocycles. The number of H-pyrrole nitrogens is 1. The van der Waals surface area contributed by atoms with Crippen molar-refractivity contribution in [3.63, 3.8) is 0 Å². The van der Waals surface area contributed by atoms with E-state index in [1.54, 1.807) is 11.9 Å². The Kier molecular flexibility index (Phi) is 1.85.